The Kier molecular flexibility index (Phi) is 6.45. The van der Waals surface area contributed by atoms with Gasteiger partial charge in [-0.05, 0) is 24.3 Å². The number of rotatable bonds is 8. The van der Waals surface area contributed by atoms with Crippen LogP contribution in [0.1, 0.15) is 6.42 Å². The lowest BCUT2D eigenvalue weighted by Gasteiger charge is -2.14. The number of methoxy groups -OCH3 is 1. The predicted octanol–water partition coefficient (Wildman–Crippen LogP) is 0.810. The molecule has 0 aliphatic carbocycles. The summed E-state index contributed by atoms with van der Waals surface area (Å²) in [6, 6.07) is 5.26. The second kappa shape index (κ2) is 8.11. The van der Waals surface area contributed by atoms with Crippen LogP contribution in [0.3, 0.4) is 0 Å². The van der Waals surface area contributed by atoms with E-state index in [1.54, 1.807) is 0 Å². The van der Waals surface area contributed by atoms with Crippen molar-refractivity contribution in [1.82, 2.24) is 5.32 Å². The number of carboxylic acids is 1. The number of aliphatic carboxylic acids is 1. The molecule has 2 N–H and O–H groups in total. The van der Waals surface area contributed by atoms with Crippen molar-refractivity contribution in [2.24, 2.45) is 0 Å². The third-order valence-electron chi connectivity index (χ3n) is 2.45. The van der Waals surface area contributed by atoms with Gasteiger partial charge in [0.1, 0.15) is 11.6 Å². The van der Waals surface area contributed by atoms with E-state index < -0.39 is 23.8 Å². The lowest BCUT2D eigenvalue weighted by Crippen LogP contribution is -2.37. The largest absolute Gasteiger partial charge is 0.484 e. The first-order valence-corrected chi connectivity index (χ1v) is 5.91. The van der Waals surface area contributed by atoms with Crippen LogP contribution in [0.4, 0.5) is 4.39 Å². The van der Waals surface area contributed by atoms with Gasteiger partial charge >= 0.3 is 5.97 Å². The fourth-order valence-electron chi connectivity index (χ4n) is 1.39. The van der Waals surface area contributed by atoms with Crippen LogP contribution in [0.2, 0.25) is 0 Å². The smallest absolute Gasteiger partial charge is 0.306 e. The van der Waals surface area contributed by atoms with Crippen LogP contribution in [0.15, 0.2) is 24.3 Å². The van der Waals surface area contributed by atoms with E-state index in [1.807, 2.05) is 0 Å². The molecule has 0 heterocycles. The first-order chi connectivity index (χ1) is 9.51. The van der Waals surface area contributed by atoms with E-state index >= 15 is 0 Å². The summed E-state index contributed by atoms with van der Waals surface area (Å²) in [6.07, 6.45) is -0.794. The minimum absolute atomic E-state index is 0.0778. The van der Waals surface area contributed by atoms with Crippen LogP contribution in [0.25, 0.3) is 0 Å². The van der Waals surface area contributed by atoms with Crippen molar-refractivity contribution < 1.29 is 28.6 Å². The number of halogens is 1. The minimum atomic E-state index is -1.01. The van der Waals surface area contributed by atoms with E-state index in [0.29, 0.717) is 5.75 Å². The molecule has 110 valence electrons. The van der Waals surface area contributed by atoms with Crippen LogP contribution >= 0.6 is 0 Å². The summed E-state index contributed by atoms with van der Waals surface area (Å²) >= 11 is 0. The van der Waals surface area contributed by atoms with Gasteiger partial charge in [-0.15, -0.1) is 0 Å². The number of carbonyl (C=O) groups is 2. The monoisotopic (exact) mass is 285 g/mol. The standard InChI is InChI=1S/C13H16FNO5/c1-19-11(6-13(17)18)7-15-12(16)8-20-10-4-2-9(14)3-5-10/h2-5,11H,6-8H2,1H3,(H,15,16)(H,17,18). The quantitative estimate of drug-likeness (QED) is 0.738. The minimum Gasteiger partial charge on any atom is -0.484 e. The van der Waals surface area contributed by atoms with Crippen molar-refractivity contribution in [2.45, 2.75) is 12.5 Å². The molecule has 0 aliphatic heterocycles. The summed E-state index contributed by atoms with van der Waals surface area (Å²) in [5.74, 6) is -1.44. The average molecular weight is 285 g/mol. The molecule has 1 unspecified atom stereocenters. The first kappa shape index (κ1) is 15.9. The Labute approximate surface area is 115 Å². The summed E-state index contributed by atoms with van der Waals surface area (Å²) in [5, 5.41) is 11.1. The zero-order valence-electron chi connectivity index (χ0n) is 11.0. The highest BCUT2D eigenvalue weighted by Crippen LogP contribution is 2.10. The van der Waals surface area contributed by atoms with Gasteiger partial charge in [-0.2, -0.15) is 0 Å². The highest BCUT2D eigenvalue weighted by atomic mass is 19.1. The zero-order valence-corrected chi connectivity index (χ0v) is 11.0. The molecule has 1 aromatic carbocycles. The van der Waals surface area contributed by atoms with Gasteiger partial charge in [-0.1, -0.05) is 0 Å². The second-order valence-electron chi connectivity index (χ2n) is 4.00. The van der Waals surface area contributed by atoms with Gasteiger partial charge in [0.25, 0.3) is 5.91 Å². The lowest BCUT2D eigenvalue weighted by molar-refractivity contribution is -0.140. The Hall–Kier alpha value is -2.15. The normalized spacial score (nSPS) is 11.7. The molecule has 0 saturated carbocycles. The molecular weight excluding hydrogens is 269 g/mol. The third kappa shape index (κ3) is 6.14. The molecule has 7 heteroatoms. The molecule has 1 aromatic rings. The highest BCUT2D eigenvalue weighted by molar-refractivity contribution is 5.77. The predicted molar refractivity (Wildman–Crippen MR) is 68.0 cm³/mol. The summed E-state index contributed by atoms with van der Waals surface area (Å²) in [4.78, 5) is 22.0. The Morgan fingerprint density at radius 1 is 1.35 bits per heavy atom. The van der Waals surface area contributed by atoms with E-state index in [-0.39, 0.29) is 19.6 Å². The fraction of sp³-hybridized carbons (Fsp3) is 0.385. The van der Waals surface area contributed by atoms with Crippen LogP contribution in [-0.4, -0.2) is 43.3 Å². The molecule has 0 radical (unpaired) electrons. The lowest BCUT2D eigenvalue weighted by atomic mass is 10.2. The van der Waals surface area contributed by atoms with Crippen molar-refractivity contribution in [3.05, 3.63) is 30.1 Å². The molecule has 0 aliphatic rings. The number of hydrogen-bond acceptors (Lipinski definition) is 4. The third-order valence-corrected chi connectivity index (χ3v) is 2.45. The highest BCUT2D eigenvalue weighted by Gasteiger charge is 2.13. The van der Waals surface area contributed by atoms with Gasteiger partial charge in [0, 0.05) is 13.7 Å². The van der Waals surface area contributed by atoms with Crippen LogP contribution in [-0.2, 0) is 14.3 Å². The Morgan fingerprint density at radius 3 is 2.55 bits per heavy atom. The summed E-state index contributed by atoms with van der Waals surface area (Å²) in [6.45, 7) is -0.163. The van der Waals surface area contributed by atoms with E-state index in [4.69, 9.17) is 14.6 Å². The van der Waals surface area contributed by atoms with Gasteiger partial charge in [-0.25, -0.2) is 4.39 Å². The molecule has 0 bridgehead atoms. The van der Waals surface area contributed by atoms with E-state index in [2.05, 4.69) is 5.32 Å². The van der Waals surface area contributed by atoms with E-state index in [1.165, 1.54) is 31.4 Å². The Bertz CT molecular complexity index is 449. The van der Waals surface area contributed by atoms with Crippen molar-refractivity contribution in [2.75, 3.05) is 20.3 Å². The zero-order chi connectivity index (χ0) is 15.0. The molecule has 20 heavy (non-hydrogen) atoms. The number of benzene rings is 1. The molecule has 1 atom stereocenters. The Morgan fingerprint density at radius 2 is 2.00 bits per heavy atom. The van der Waals surface area contributed by atoms with Gasteiger partial charge in [0.05, 0.1) is 12.5 Å². The van der Waals surface area contributed by atoms with Gasteiger partial charge in [0.2, 0.25) is 0 Å². The van der Waals surface area contributed by atoms with Crippen LogP contribution in [0.5, 0.6) is 5.75 Å². The average Bonchev–Trinajstić information content (AvgIpc) is 2.42. The molecule has 1 amide bonds. The maximum Gasteiger partial charge on any atom is 0.306 e. The molecule has 0 saturated heterocycles. The fourth-order valence-corrected chi connectivity index (χ4v) is 1.39. The molecule has 1 rings (SSSR count). The molecule has 0 fully saturated rings. The molecule has 6 nitrogen and oxygen atoms in total. The molecular formula is C13H16FNO5. The van der Waals surface area contributed by atoms with E-state index in [0.717, 1.165) is 0 Å². The van der Waals surface area contributed by atoms with E-state index in [9.17, 15) is 14.0 Å². The Balaban J connectivity index is 2.29. The first-order valence-electron chi connectivity index (χ1n) is 5.91. The molecule has 0 aromatic heterocycles. The number of amides is 1. The van der Waals surface area contributed by atoms with Gasteiger partial charge in [-0.3, -0.25) is 9.59 Å². The topological polar surface area (TPSA) is 84.9 Å². The maximum atomic E-state index is 12.6. The second-order valence-corrected chi connectivity index (χ2v) is 4.00. The van der Waals surface area contributed by atoms with Gasteiger partial charge < -0.3 is 19.9 Å². The maximum absolute atomic E-state index is 12.6. The number of carboxylic acid groups (broad SMARTS) is 1. The number of carbonyl (C=O) groups excluding carboxylic acids is 1. The van der Waals surface area contributed by atoms with Gasteiger partial charge in [0.15, 0.2) is 6.61 Å². The van der Waals surface area contributed by atoms with Crippen LogP contribution in [0, 0.1) is 5.82 Å². The molecule has 0 spiro atoms. The number of nitrogens with one attached hydrogen (secondary N) is 1. The van der Waals surface area contributed by atoms with Crippen molar-refractivity contribution in [1.29, 1.82) is 0 Å². The summed E-state index contributed by atoms with van der Waals surface area (Å²) in [7, 11) is 1.37. The van der Waals surface area contributed by atoms with Crippen molar-refractivity contribution in [3.63, 3.8) is 0 Å². The van der Waals surface area contributed by atoms with Crippen molar-refractivity contribution in [3.8, 4) is 5.75 Å². The van der Waals surface area contributed by atoms with Crippen LogP contribution < -0.4 is 10.1 Å². The summed E-state index contributed by atoms with van der Waals surface area (Å²) in [5.41, 5.74) is 0. The number of hydrogen-bond donors (Lipinski definition) is 2. The summed E-state index contributed by atoms with van der Waals surface area (Å²) < 4.78 is 22.7. The number of ether oxygens (including phenoxy) is 2. The SMILES string of the molecule is COC(CNC(=O)COc1ccc(F)cc1)CC(=O)O. The van der Waals surface area contributed by atoms with Crippen molar-refractivity contribution >= 4 is 11.9 Å².